The first kappa shape index (κ1) is 20.5. The zero-order valence-electron chi connectivity index (χ0n) is 17.3. The van der Waals surface area contributed by atoms with Gasteiger partial charge in [-0.15, -0.1) is 0 Å². The molecule has 0 saturated carbocycles. The fraction of sp³-hybridized carbons (Fsp3) is 0.440. The lowest BCUT2D eigenvalue weighted by Gasteiger charge is -2.40. The lowest BCUT2D eigenvalue weighted by molar-refractivity contribution is 0.157. The molecule has 0 bridgehead atoms. The molecule has 3 nitrogen and oxygen atoms in total. The highest BCUT2D eigenvalue weighted by atomic mass is 15.2. The van der Waals surface area contributed by atoms with E-state index in [9.17, 15) is 0 Å². The first-order valence-corrected chi connectivity index (χ1v) is 10.8. The van der Waals surface area contributed by atoms with Gasteiger partial charge < -0.3 is 10.2 Å². The van der Waals surface area contributed by atoms with E-state index in [1.807, 2.05) is 0 Å². The largest absolute Gasteiger partial charge is 0.380 e. The Labute approximate surface area is 171 Å². The number of unbranched alkanes of at least 4 members (excludes halogenated alkanes) is 2. The predicted octanol–water partition coefficient (Wildman–Crippen LogP) is 5.34. The van der Waals surface area contributed by atoms with Crippen LogP contribution < -0.4 is 5.32 Å². The van der Waals surface area contributed by atoms with Gasteiger partial charge in [-0.05, 0) is 43.5 Å². The van der Waals surface area contributed by atoms with Gasteiger partial charge in [0.15, 0.2) is 0 Å². The number of nitrogens with one attached hydrogen (secondary N) is 1. The van der Waals surface area contributed by atoms with Crippen LogP contribution in [0.2, 0.25) is 0 Å². The maximum absolute atomic E-state index is 4.38. The van der Waals surface area contributed by atoms with Gasteiger partial charge in [0, 0.05) is 37.6 Å². The molecule has 0 amide bonds. The van der Waals surface area contributed by atoms with E-state index in [4.69, 9.17) is 0 Å². The molecule has 1 N–H and O–H groups in total. The van der Waals surface area contributed by atoms with Crippen molar-refractivity contribution in [1.82, 2.24) is 9.80 Å². The van der Waals surface area contributed by atoms with Gasteiger partial charge in [0.2, 0.25) is 0 Å². The van der Waals surface area contributed by atoms with Crippen molar-refractivity contribution in [1.29, 1.82) is 0 Å². The smallest absolute Gasteiger partial charge is 0.0515 e. The van der Waals surface area contributed by atoms with Crippen molar-refractivity contribution in [3.63, 3.8) is 0 Å². The summed E-state index contributed by atoms with van der Waals surface area (Å²) >= 11 is 0. The number of benzene rings is 2. The van der Waals surface area contributed by atoms with Gasteiger partial charge in [0.1, 0.15) is 0 Å². The number of anilines is 1. The Bertz CT molecular complexity index is 692. The number of rotatable bonds is 12. The summed E-state index contributed by atoms with van der Waals surface area (Å²) in [6.07, 6.45) is 4.93. The molecule has 0 aromatic heterocycles. The number of para-hydroxylation sites is 1. The van der Waals surface area contributed by atoms with Crippen molar-refractivity contribution >= 4 is 11.4 Å². The fourth-order valence-electron chi connectivity index (χ4n) is 3.80. The number of nitrogens with zero attached hydrogens (tertiary/aromatic N) is 2. The van der Waals surface area contributed by atoms with E-state index < -0.39 is 0 Å². The molecule has 0 radical (unpaired) electrons. The molecule has 1 heterocycles. The van der Waals surface area contributed by atoms with Crippen LogP contribution in [0.15, 0.2) is 67.2 Å². The molecular weight excluding hydrogens is 342 g/mol. The van der Waals surface area contributed by atoms with Crippen molar-refractivity contribution < 1.29 is 0 Å². The second kappa shape index (κ2) is 10.9. The van der Waals surface area contributed by atoms with Crippen molar-refractivity contribution in [3.8, 4) is 0 Å². The van der Waals surface area contributed by atoms with Crippen LogP contribution in [0, 0.1) is 0 Å². The first-order chi connectivity index (χ1) is 13.8. The first-order valence-electron chi connectivity index (χ1n) is 10.8. The number of likely N-dealkylation sites (tertiary alicyclic amines) is 1. The van der Waals surface area contributed by atoms with E-state index in [-0.39, 0.29) is 0 Å². The van der Waals surface area contributed by atoms with Crippen LogP contribution in [0.1, 0.15) is 38.2 Å². The van der Waals surface area contributed by atoms with E-state index in [0.29, 0.717) is 6.04 Å². The van der Waals surface area contributed by atoms with Gasteiger partial charge in [-0.1, -0.05) is 68.5 Å². The number of hydrogen-bond acceptors (Lipinski definition) is 3. The summed E-state index contributed by atoms with van der Waals surface area (Å²) in [6, 6.07) is 21.7. The Morgan fingerprint density at radius 3 is 2.29 bits per heavy atom. The van der Waals surface area contributed by atoms with Crippen LogP contribution in [0.5, 0.6) is 0 Å². The molecule has 1 aliphatic heterocycles. The molecule has 0 unspecified atom stereocenters. The molecule has 3 heteroatoms. The molecule has 150 valence electrons. The summed E-state index contributed by atoms with van der Waals surface area (Å²) < 4.78 is 0. The molecule has 0 atom stereocenters. The summed E-state index contributed by atoms with van der Waals surface area (Å²) in [5.74, 6) is 0. The van der Waals surface area contributed by atoms with Crippen LogP contribution in [0.25, 0.3) is 5.70 Å². The SMILES string of the molecule is C=C(c1ccccc1)N(CCCC)CCCCN1CC(Nc2ccccc2)C1. The second-order valence-electron chi connectivity index (χ2n) is 7.83. The molecular formula is C25H35N3. The Morgan fingerprint density at radius 1 is 0.964 bits per heavy atom. The highest BCUT2D eigenvalue weighted by molar-refractivity contribution is 5.61. The zero-order valence-corrected chi connectivity index (χ0v) is 17.3. The normalized spacial score (nSPS) is 14.5. The van der Waals surface area contributed by atoms with Crippen LogP contribution in [-0.4, -0.2) is 48.6 Å². The predicted molar refractivity (Wildman–Crippen MR) is 121 cm³/mol. The minimum absolute atomic E-state index is 0.598. The lowest BCUT2D eigenvalue weighted by Crippen LogP contribution is -2.54. The maximum Gasteiger partial charge on any atom is 0.0515 e. The maximum atomic E-state index is 4.38. The van der Waals surface area contributed by atoms with Crippen LogP contribution in [-0.2, 0) is 0 Å². The lowest BCUT2D eigenvalue weighted by atomic mass is 10.1. The van der Waals surface area contributed by atoms with E-state index in [1.165, 1.54) is 49.2 Å². The van der Waals surface area contributed by atoms with Crippen molar-refractivity contribution in [3.05, 3.63) is 72.8 Å². The summed E-state index contributed by atoms with van der Waals surface area (Å²) in [4.78, 5) is 5.04. The van der Waals surface area contributed by atoms with Gasteiger partial charge in [0.25, 0.3) is 0 Å². The molecule has 1 saturated heterocycles. The third-order valence-corrected chi connectivity index (χ3v) is 5.52. The van der Waals surface area contributed by atoms with Crippen LogP contribution in [0.4, 0.5) is 5.69 Å². The minimum Gasteiger partial charge on any atom is -0.380 e. The molecule has 28 heavy (non-hydrogen) atoms. The quantitative estimate of drug-likeness (QED) is 0.504. The van der Waals surface area contributed by atoms with E-state index >= 15 is 0 Å². The molecule has 3 rings (SSSR count). The molecule has 1 aliphatic rings. The van der Waals surface area contributed by atoms with Gasteiger partial charge in [-0.25, -0.2) is 0 Å². The summed E-state index contributed by atoms with van der Waals surface area (Å²) in [6.45, 7) is 12.4. The highest BCUT2D eigenvalue weighted by Crippen LogP contribution is 2.19. The van der Waals surface area contributed by atoms with Crippen molar-refractivity contribution in [2.75, 3.05) is 38.0 Å². The third kappa shape index (κ3) is 6.13. The zero-order chi connectivity index (χ0) is 19.6. The minimum atomic E-state index is 0.598. The van der Waals surface area contributed by atoms with Crippen molar-refractivity contribution in [2.24, 2.45) is 0 Å². The van der Waals surface area contributed by atoms with Crippen LogP contribution >= 0.6 is 0 Å². The van der Waals surface area contributed by atoms with E-state index in [0.717, 1.165) is 26.2 Å². The summed E-state index contributed by atoms with van der Waals surface area (Å²) in [5, 5.41) is 3.61. The average molecular weight is 378 g/mol. The van der Waals surface area contributed by atoms with Crippen LogP contribution in [0.3, 0.4) is 0 Å². The number of hydrogen-bond donors (Lipinski definition) is 1. The molecule has 2 aromatic carbocycles. The third-order valence-electron chi connectivity index (χ3n) is 5.52. The highest BCUT2D eigenvalue weighted by Gasteiger charge is 2.25. The average Bonchev–Trinajstić information content (AvgIpc) is 2.72. The van der Waals surface area contributed by atoms with E-state index in [1.54, 1.807) is 0 Å². The monoisotopic (exact) mass is 377 g/mol. The van der Waals surface area contributed by atoms with E-state index in [2.05, 4.69) is 89.3 Å². The molecule has 0 spiro atoms. The molecule has 0 aliphatic carbocycles. The molecule has 2 aromatic rings. The Morgan fingerprint density at radius 2 is 1.61 bits per heavy atom. The van der Waals surface area contributed by atoms with Gasteiger partial charge >= 0.3 is 0 Å². The summed E-state index contributed by atoms with van der Waals surface area (Å²) in [7, 11) is 0. The van der Waals surface area contributed by atoms with Gasteiger partial charge in [-0.2, -0.15) is 0 Å². The standard InChI is InChI=1S/C25H35N3/c1-3-4-18-28(22(2)23-13-7-5-8-14-23)19-12-11-17-27-20-25(21-27)26-24-15-9-6-10-16-24/h5-10,13-16,25-26H,2-4,11-12,17-21H2,1H3. The second-order valence-corrected chi connectivity index (χ2v) is 7.83. The Kier molecular flexibility index (Phi) is 7.98. The fourth-order valence-corrected chi connectivity index (χ4v) is 3.80. The van der Waals surface area contributed by atoms with Gasteiger partial charge in [-0.3, -0.25) is 4.90 Å². The topological polar surface area (TPSA) is 18.5 Å². The Balaban J connectivity index is 1.35. The Hall–Kier alpha value is -2.26. The van der Waals surface area contributed by atoms with Crippen molar-refractivity contribution in [2.45, 2.75) is 38.6 Å². The summed E-state index contributed by atoms with van der Waals surface area (Å²) in [5.41, 5.74) is 3.65. The van der Waals surface area contributed by atoms with Gasteiger partial charge in [0.05, 0.1) is 6.04 Å². The molecule has 1 fully saturated rings.